The van der Waals surface area contributed by atoms with Crippen molar-refractivity contribution < 1.29 is 9.53 Å². The molecule has 0 aromatic carbocycles. The van der Waals surface area contributed by atoms with Crippen LogP contribution in [0.3, 0.4) is 0 Å². The molecule has 0 radical (unpaired) electrons. The van der Waals surface area contributed by atoms with Gasteiger partial charge in [-0.2, -0.15) is 0 Å². The smallest absolute Gasteiger partial charge is 0.305 e. The Kier molecular flexibility index (Phi) is 14.2. The lowest BCUT2D eigenvalue weighted by Gasteiger charge is -2.01. The monoisotopic (exact) mass is 266 g/mol. The third-order valence-corrected chi connectivity index (χ3v) is 3.10. The van der Waals surface area contributed by atoms with Gasteiger partial charge in [-0.1, -0.05) is 63.3 Å². The molecule has 0 bridgehead atoms. The molecule has 0 fully saturated rings. The lowest BCUT2D eigenvalue weighted by molar-refractivity contribution is -0.140. The Bertz CT molecular complexity index is 254. The van der Waals surface area contributed by atoms with E-state index in [1.807, 2.05) is 0 Å². The highest BCUT2D eigenvalue weighted by Gasteiger charge is 1.98. The molecule has 0 saturated carbocycles. The van der Waals surface area contributed by atoms with Crippen LogP contribution in [0.5, 0.6) is 0 Å². The minimum Gasteiger partial charge on any atom is -0.469 e. The Hall–Kier alpha value is -1.05. The minimum absolute atomic E-state index is 0.0797. The number of unbranched alkanes of at least 4 members (excludes halogenated alkanes) is 7. The first-order valence-electron chi connectivity index (χ1n) is 7.69. The van der Waals surface area contributed by atoms with E-state index in [2.05, 4.69) is 36.0 Å². The molecule has 0 aromatic rings. The van der Waals surface area contributed by atoms with Crippen molar-refractivity contribution in [2.45, 2.75) is 71.1 Å². The first-order chi connectivity index (χ1) is 9.31. The number of hydrogen-bond donors (Lipinski definition) is 0. The average Bonchev–Trinajstić information content (AvgIpc) is 2.43. The van der Waals surface area contributed by atoms with E-state index in [9.17, 15) is 4.79 Å². The number of carbonyl (C=O) groups is 1. The van der Waals surface area contributed by atoms with E-state index < -0.39 is 0 Å². The topological polar surface area (TPSA) is 26.3 Å². The molecule has 2 nitrogen and oxygen atoms in total. The van der Waals surface area contributed by atoms with Gasteiger partial charge in [0.05, 0.1) is 7.11 Å². The SMILES string of the molecule is CC/C=C\C=C/CCCCCCCCCC(=O)OC. The standard InChI is InChI=1S/C17H30O2/c1-3-4-5-6-7-8-9-10-11-12-13-14-15-16-17(18)19-2/h4-7H,3,8-16H2,1-2H3/b5-4-,7-6-. The van der Waals surface area contributed by atoms with Gasteiger partial charge in [0.2, 0.25) is 0 Å². The molecule has 110 valence electrons. The Morgan fingerprint density at radius 3 is 2.11 bits per heavy atom. The lowest BCUT2D eigenvalue weighted by Crippen LogP contribution is -1.99. The molecule has 0 rings (SSSR count). The second-order valence-corrected chi connectivity index (χ2v) is 4.85. The fourth-order valence-electron chi connectivity index (χ4n) is 1.91. The van der Waals surface area contributed by atoms with E-state index in [0.717, 1.165) is 19.3 Å². The average molecular weight is 266 g/mol. The van der Waals surface area contributed by atoms with Crippen molar-refractivity contribution in [1.29, 1.82) is 0 Å². The zero-order valence-corrected chi connectivity index (χ0v) is 12.7. The predicted octanol–water partition coefficient (Wildman–Crippen LogP) is 5.19. The number of carbonyl (C=O) groups excluding carboxylic acids is 1. The second kappa shape index (κ2) is 15.0. The summed E-state index contributed by atoms with van der Waals surface area (Å²) in [6.45, 7) is 2.15. The van der Waals surface area contributed by atoms with Crippen molar-refractivity contribution in [2.24, 2.45) is 0 Å². The number of esters is 1. The van der Waals surface area contributed by atoms with E-state index in [0.29, 0.717) is 6.42 Å². The van der Waals surface area contributed by atoms with Gasteiger partial charge >= 0.3 is 5.97 Å². The third-order valence-electron chi connectivity index (χ3n) is 3.10. The molecule has 19 heavy (non-hydrogen) atoms. The highest BCUT2D eigenvalue weighted by molar-refractivity contribution is 5.68. The second-order valence-electron chi connectivity index (χ2n) is 4.85. The van der Waals surface area contributed by atoms with Crippen LogP contribution < -0.4 is 0 Å². The lowest BCUT2D eigenvalue weighted by atomic mass is 10.1. The summed E-state index contributed by atoms with van der Waals surface area (Å²) in [7, 11) is 1.45. The summed E-state index contributed by atoms with van der Waals surface area (Å²) >= 11 is 0. The Labute approximate surface area is 118 Å². The Balaban J connectivity index is 3.13. The Morgan fingerprint density at radius 1 is 0.895 bits per heavy atom. The molecule has 0 aliphatic rings. The van der Waals surface area contributed by atoms with Crippen molar-refractivity contribution in [1.82, 2.24) is 0 Å². The summed E-state index contributed by atoms with van der Waals surface area (Å²) in [4.78, 5) is 10.9. The zero-order valence-electron chi connectivity index (χ0n) is 12.7. The van der Waals surface area contributed by atoms with Crippen molar-refractivity contribution >= 4 is 5.97 Å². The molecule has 0 spiro atoms. The summed E-state index contributed by atoms with van der Waals surface area (Å²) in [5.41, 5.74) is 0. The van der Waals surface area contributed by atoms with Gasteiger partial charge < -0.3 is 4.74 Å². The van der Waals surface area contributed by atoms with Crippen LogP contribution >= 0.6 is 0 Å². The van der Waals surface area contributed by atoms with Crippen LogP contribution in [-0.2, 0) is 9.53 Å². The van der Waals surface area contributed by atoms with Gasteiger partial charge in [0.25, 0.3) is 0 Å². The maximum Gasteiger partial charge on any atom is 0.305 e. The van der Waals surface area contributed by atoms with Crippen LogP contribution in [0.25, 0.3) is 0 Å². The molecule has 0 aliphatic carbocycles. The van der Waals surface area contributed by atoms with E-state index in [-0.39, 0.29) is 5.97 Å². The third kappa shape index (κ3) is 14.9. The fourth-order valence-corrected chi connectivity index (χ4v) is 1.91. The summed E-state index contributed by atoms with van der Waals surface area (Å²) in [6.07, 6.45) is 20.2. The van der Waals surface area contributed by atoms with Crippen molar-refractivity contribution in [3.63, 3.8) is 0 Å². The van der Waals surface area contributed by atoms with Crippen LogP contribution in [-0.4, -0.2) is 13.1 Å². The van der Waals surface area contributed by atoms with E-state index in [1.54, 1.807) is 0 Å². The summed E-state index contributed by atoms with van der Waals surface area (Å²) in [5, 5.41) is 0. The van der Waals surface area contributed by atoms with Crippen LogP contribution in [0.2, 0.25) is 0 Å². The highest BCUT2D eigenvalue weighted by atomic mass is 16.5. The number of allylic oxidation sites excluding steroid dienone is 4. The zero-order chi connectivity index (χ0) is 14.2. The quantitative estimate of drug-likeness (QED) is 0.276. The molecular weight excluding hydrogens is 236 g/mol. The molecule has 0 saturated heterocycles. The molecule has 0 N–H and O–H groups in total. The first kappa shape index (κ1) is 17.9. The summed E-state index contributed by atoms with van der Waals surface area (Å²) in [5.74, 6) is -0.0797. The van der Waals surface area contributed by atoms with E-state index >= 15 is 0 Å². The molecule has 0 amide bonds. The Morgan fingerprint density at radius 2 is 1.47 bits per heavy atom. The number of rotatable bonds is 12. The number of hydrogen-bond acceptors (Lipinski definition) is 2. The largest absolute Gasteiger partial charge is 0.469 e. The molecule has 0 aliphatic heterocycles. The van der Waals surface area contributed by atoms with Gasteiger partial charge in [-0.25, -0.2) is 0 Å². The molecule has 0 atom stereocenters. The molecule has 0 heterocycles. The number of methoxy groups -OCH3 is 1. The van der Waals surface area contributed by atoms with Gasteiger partial charge in [0.15, 0.2) is 0 Å². The van der Waals surface area contributed by atoms with Crippen LogP contribution in [0.1, 0.15) is 71.1 Å². The van der Waals surface area contributed by atoms with E-state index in [4.69, 9.17) is 0 Å². The molecule has 0 unspecified atom stereocenters. The van der Waals surface area contributed by atoms with E-state index in [1.165, 1.54) is 45.6 Å². The van der Waals surface area contributed by atoms with Crippen molar-refractivity contribution in [3.05, 3.63) is 24.3 Å². The maximum absolute atomic E-state index is 10.9. The fraction of sp³-hybridized carbons (Fsp3) is 0.706. The highest BCUT2D eigenvalue weighted by Crippen LogP contribution is 2.10. The van der Waals surface area contributed by atoms with Gasteiger partial charge in [-0.15, -0.1) is 0 Å². The van der Waals surface area contributed by atoms with Crippen LogP contribution in [0.4, 0.5) is 0 Å². The van der Waals surface area contributed by atoms with Crippen LogP contribution in [0, 0.1) is 0 Å². The normalized spacial score (nSPS) is 11.5. The van der Waals surface area contributed by atoms with Crippen molar-refractivity contribution in [3.8, 4) is 0 Å². The maximum atomic E-state index is 10.9. The summed E-state index contributed by atoms with van der Waals surface area (Å²) in [6, 6.07) is 0. The predicted molar refractivity (Wildman–Crippen MR) is 82.1 cm³/mol. The van der Waals surface area contributed by atoms with Gasteiger partial charge in [0.1, 0.15) is 0 Å². The summed E-state index contributed by atoms with van der Waals surface area (Å²) < 4.78 is 4.61. The molecule has 0 aromatic heterocycles. The van der Waals surface area contributed by atoms with Gasteiger partial charge in [0, 0.05) is 6.42 Å². The van der Waals surface area contributed by atoms with Crippen LogP contribution in [0.15, 0.2) is 24.3 Å². The first-order valence-corrected chi connectivity index (χ1v) is 7.69. The number of ether oxygens (including phenoxy) is 1. The van der Waals surface area contributed by atoms with Gasteiger partial charge in [-0.3, -0.25) is 4.79 Å². The van der Waals surface area contributed by atoms with Crippen molar-refractivity contribution in [2.75, 3.05) is 7.11 Å². The van der Waals surface area contributed by atoms with Gasteiger partial charge in [-0.05, 0) is 25.7 Å². The minimum atomic E-state index is -0.0797. The molecule has 2 heteroatoms. The molecular formula is C17H30O2.